The van der Waals surface area contributed by atoms with Crippen LogP contribution < -0.4 is 0 Å². The van der Waals surface area contributed by atoms with Crippen molar-refractivity contribution in [2.75, 3.05) is 0 Å². The summed E-state index contributed by atoms with van der Waals surface area (Å²) in [4.78, 5) is 0. The Hall–Kier alpha value is -1.67. The fourth-order valence-electron chi connectivity index (χ4n) is 1.16. The largest absolute Gasteiger partial charge is 0.461 e. The first-order valence-electron chi connectivity index (χ1n) is 3.91. The lowest BCUT2D eigenvalue weighted by atomic mass is 10.4. The molecule has 0 amide bonds. The van der Waals surface area contributed by atoms with Crippen LogP contribution in [0.15, 0.2) is 28.0 Å². The Morgan fingerprint density at radius 2 is 2.20 bits per heavy atom. The molecule has 0 aliphatic carbocycles. The topological polar surface area (TPSA) is 98.2 Å². The highest BCUT2D eigenvalue weighted by molar-refractivity contribution is 7.85. The van der Waals surface area contributed by atoms with Crippen molar-refractivity contribution < 1.29 is 17.4 Å². The molecule has 2 aromatic heterocycles. The Bertz CT molecular complexity index is 569. The van der Waals surface area contributed by atoms with Crippen LogP contribution in [0.2, 0.25) is 0 Å². The zero-order valence-electron chi connectivity index (χ0n) is 7.65. The van der Waals surface area contributed by atoms with Gasteiger partial charge in [0.2, 0.25) is 0 Å². The zero-order valence-corrected chi connectivity index (χ0v) is 8.47. The molecule has 0 aliphatic heterocycles. The average Bonchev–Trinajstić information content (AvgIpc) is 2.69. The van der Waals surface area contributed by atoms with Crippen molar-refractivity contribution in [2.24, 2.45) is 7.05 Å². The summed E-state index contributed by atoms with van der Waals surface area (Å²) < 4.78 is 36.6. The van der Waals surface area contributed by atoms with E-state index in [0.29, 0.717) is 5.76 Å². The molecule has 2 aromatic rings. The molecule has 8 heteroatoms. The second-order valence-electron chi connectivity index (χ2n) is 2.82. The summed E-state index contributed by atoms with van der Waals surface area (Å²) in [5, 5.41) is 6.44. The predicted molar refractivity (Wildman–Crippen MR) is 48.5 cm³/mol. The minimum Gasteiger partial charge on any atom is -0.461 e. The molecule has 15 heavy (non-hydrogen) atoms. The van der Waals surface area contributed by atoms with Crippen LogP contribution in [0.5, 0.6) is 0 Å². The van der Waals surface area contributed by atoms with Crippen LogP contribution in [-0.4, -0.2) is 27.7 Å². The SMILES string of the molecule is Cn1c(-c2ccco2)nnc1S(=O)(=O)O. The zero-order chi connectivity index (χ0) is 11.1. The molecule has 0 saturated heterocycles. The van der Waals surface area contributed by atoms with E-state index < -0.39 is 15.3 Å². The van der Waals surface area contributed by atoms with Crippen molar-refractivity contribution in [2.45, 2.75) is 5.16 Å². The van der Waals surface area contributed by atoms with Gasteiger partial charge in [-0.25, -0.2) is 0 Å². The minimum absolute atomic E-state index is 0.229. The Balaban J connectivity index is 2.60. The summed E-state index contributed by atoms with van der Waals surface area (Å²) in [5.41, 5.74) is 0. The standard InChI is InChI=1S/C7H7N3O4S/c1-10-6(5-3-2-4-14-5)8-9-7(10)15(11,12)13/h2-4H,1H3,(H,11,12,13). The molecule has 80 valence electrons. The van der Waals surface area contributed by atoms with Gasteiger partial charge in [-0.3, -0.25) is 9.12 Å². The monoisotopic (exact) mass is 229 g/mol. The van der Waals surface area contributed by atoms with E-state index in [9.17, 15) is 8.42 Å². The molecule has 2 heterocycles. The summed E-state index contributed by atoms with van der Waals surface area (Å²) >= 11 is 0. The normalized spacial score (nSPS) is 11.9. The van der Waals surface area contributed by atoms with Crippen molar-refractivity contribution in [1.29, 1.82) is 0 Å². The smallest absolute Gasteiger partial charge is 0.330 e. The number of hydrogen-bond donors (Lipinski definition) is 1. The molecule has 0 atom stereocenters. The van der Waals surface area contributed by atoms with Gasteiger partial charge in [0.15, 0.2) is 11.6 Å². The molecule has 0 unspecified atom stereocenters. The lowest BCUT2D eigenvalue weighted by Crippen LogP contribution is -2.07. The highest BCUT2D eigenvalue weighted by Gasteiger charge is 2.21. The molecule has 7 nitrogen and oxygen atoms in total. The van der Waals surface area contributed by atoms with E-state index in [0.717, 1.165) is 4.57 Å². The second-order valence-corrected chi connectivity index (χ2v) is 4.13. The third-order valence-corrected chi connectivity index (χ3v) is 2.62. The number of furan rings is 1. The fraction of sp³-hybridized carbons (Fsp3) is 0.143. The Labute approximate surface area is 85.1 Å². The first-order valence-corrected chi connectivity index (χ1v) is 5.35. The van der Waals surface area contributed by atoms with Crippen LogP contribution >= 0.6 is 0 Å². The van der Waals surface area contributed by atoms with Crippen molar-refractivity contribution >= 4 is 10.1 Å². The highest BCUT2D eigenvalue weighted by atomic mass is 32.2. The van der Waals surface area contributed by atoms with Crippen molar-refractivity contribution in [3.8, 4) is 11.6 Å². The molecule has 0 aromatic carbocycles. The fourth-order valence-corrected chi connectivity index (χ4v) is 1.74. The summed E-state index contributed by atoms with van der Waals surface area (Å²) in [6, 6.07) is 3.24. The van der Waals surface area contributed by atoms with Gasteiger partial charge in [-0.1, -0.05) is 0 Å². The van der Waals surface area contributed by atoms with Crippen molar-refractivity contribution in [1.82, 2.24) is 14.8 Å². The molecule has 1 N–H and O–H groups in total. The molecule has 0 radical (unpaired) electrons. The van der Waals surface area contributed by atoms with E-state index in [1.54, 1.807) is 12.1 Å². The molecule has 2 rings (SSSR count). The van der Waals surface area contributed by atoms with Crippen LogP contribution in [0, 0.1) is 0 Å². The third kappa shape index (κ3) is 1.64. The minimum atomic E-state index is -4.36. The van der Waals surface area contributed by atoms with Crippen LogP contribution in [0.1, 0.15) is 0 Å². The summed E-state index contributed by atoms with van der Waals surface area (Å²) in [5.74, 6) is 0.604. The van der Waals surface area contributed by atoms with Gasteiger partial charge in [-0.15, -0.1) is 10.2 Å². The molecular formula is C7H7N3O4S. The summed E-state index contributed by atoms with van der Waals surface area (Å²) in [6.07, 6.45) is 1.43. The van der Waals surface area contributed by atoms with E-state index in [2.05, 4.69) is 10.2 Å². The third-order valence-electron chi connectivity index (χ3n) is 1.81. The van der Waals surface area contributed by atoms with Crippen LogP contribution in [0.25, 0.3) is 11.6 Å². The lowest BCUT2D eigenvalue weighted by Gasteiger charge is -1.98. The van der Waals surface area contributed by atoms with Gasteiger partial charge in [-0.05, 0) is 12.1 Å². The number of hydrogen-bond acceptors (Lipinski definition) is 5. The van der Waals surface area contributed by atoms with E-state index in [4.69, 9.17) is 8.97 Å². The molecular weight excluding hydrogens is 222 g/mol. The average molecular weight is 229 g/mol. The van der Waals surface area contributed by atoms with E-state index in [1.807, 2.05) is 0 Å². The first kappa shape index (κ1) is 9.87. The van der Waals surface area contributed by atoms with Gasteiger partial charge in [0, 0.05) is 7.05 Å². The quantitative estimate of drug-likeness (QED) is 0.745. The van der Waals surface area contributed by atoms with Crippen LogP contribution in [0.4, 0.5) is 0 Å². The maximum atomic E-state index is 10.8. The Kier molecular flexibility index (Phi) is 2.09. The van der Waals surface area contributed by atoms with Gasteiger partial charge in [0.1, 0.15) is 0 Å². The van der Waals surface area contributed by atoms with Crippen molar-refractivity contribution in [3.63, 3.8) is 0 Å². The number of nitrogens with zero attached hydrogens (tertiary/aromatic N) is 3. The van der Waals surface area contributed by atoms with Gasteiger partial charge in [0.25, 0.3) is 5.16 Å². The Morgan fingerprint density at radius 1 is 1.47 bits per heavy atom. The van der Waals surface area contributed by atoms with E-state index >= 15 is 0 Å². The number of aromatic nitrogens is 3. The van der Waals surface area contributed by atoms with E-state index in [1.165, 1.54) is 13.3 Å². The maximum absolute atomic E-state index is 10.8. The van der Waals surface area contributed by atoms with Gasteiger partial charge in [0.05, 0.1) is 6.26 Å². The van der Waals surface area contributed by atoms with E-state index in [-0.39, 0.29) is 5.82 Å². The van der Waals surface area contributed by atoms with Gasteiger partial charge >= 0.3 is 10.1 Å². The second kappa shape index (κ2) is 3.17. The summed E-state index contributed by atoms with van der Waals surface area (Å²) in [6.45, 7) is 0. The predicted octanol–water partition coefficient (Wildman–Crippen LogP) is 0.322. The van der Waals surface area contributed by atoms with Gasteiger partial charge in [-0.2, -0.15) is 8.42 Å². The Morgan fingerprint density at radius 3 is 2.67 bits per heavy atom. The number of rotatable bonds is 2. The van der Waals surface area contributed by atoms with Gasteiger partial charge < -0.3 is 4.42 Å². The summed E-state index contributed by atoms with van der Waals surface area (Å²) in [7, 11) is -2.94. The highest BCUT2D eigenvalue weighted by Crippen LogP contribution is 2.18. The molecule has 0 fully saturated rings. The molecule has 0 saturated carbocycles. The van der Waals surface area contributed by atoms with Crippen molar-refractivity contribution in [3.05, 3.63) is 18.4 Å². The lowest BCUT2D eigenvalue weighted by molar-refractivity contribution is 0.468. The van der Waals surface area contributed by atoms with Crippen LogP contribution in [-0.2, 0) is 17.2 Å². The molecule has 0 spiro atoms. The molecule has 0 aliphatic rings. The van der Waals surface area contributed by atoms with Crippen LogP contribution in [0.3, 0.4) is 0 Å². The molecule has 0 bridgehead atoms. The first-order chi connectivity index (χ1) is 7.00. The maximum Gasteiger partial charge on any atom is 0.330 e.